The molecule has 1 aromatic rings. The van der Waals surface area contributed by atoms with Gasteiger partial charge in [0.2, 0.25) is 0 Å². The van der Waals surface area contributed by atoms with Crippen LogP contribution >= 0.6 is 15.9 Å². The monoisotopic (exact) mass is 303 g/mol. The van der Waals surface area contributed by atoms with Gasteiger partial charge in [0.15, 0.2) is 0 Å². The highest BCUT2D eigenvalue weighted by atomic mass is 79.9. The lowest BCUT2D eigenvalue weighted by Crippen LogP contribution is -2.38. The molecule has 0 amide bonds. The van der Waals surface area contributed by atoms with E-state index in [2.05, 4.69) is 35.0 Å². The summed E-state index contributed by atoms with van der Waals surface area (Å²) in [5, 5.41) is 5.49. The second-order valence-electron chi connectivity index (χ2n) is 4.72. The van der Waals surface area contributed by atoms with Crippen LogP contribution in [0.5, 0.6) is 0 Å². The molecule has 16 heavy (non-hydrogen) atoms. The fourth-order valence-electron chi connectivity index (χ4n) is 1.75. The highest BCUT2D eigenvalue weighted by Crippen LogP contribution is 2.30. The topological polar surface area (TPSA) is 49.1 Å². The third-order valence-corrected chi connectivity index (χ3v) is 4.51. The van der Waals surface area contributed by atoms with Gasteiger partial charge in [-0.1, -0.05) is 35.0 Å². The maximum atomic E-state index is 11.4. The Labute approximate surface area is 109 Å². The van der Waals surface area contributed by atoms with Gasteiger partial charge in [0.05, 0.1) is 0 Å². The average molecular weight is 304 g/mol. The molecule has 0 aliphatic carbocycles. The maximum absolute atomic E-state index is 11.4. The summed E-state index contributed by atoms with van der Waals surface area (Å²) >= 11 is 2.17. The molecule has 2 atom stereocenters. The number of benzene rings is 1. The molecule has 0 aromatic heterocycles. The van der Waals surface area contributed by atoms with Crippen LogP contribution in [0.1, 0.15) is 38.7 Å². The van der Waals surface area contributed by atoms with Crippen molar-refractivity contribution < 1.29 is 4.55 Å². The van der Waals surface area contributed by atoms with Gasteiger partial charge in [-0.2, -0.15) is 5.14 Å². The Morgan fingerprint density at radius 2 is 2.12 bits per heavy atom. The van der Waals surface area contributed by atoms with E-state index in [1.165, 1.54) is 5.56 Å². The molecule has 0 fully saturated rings. The zero-order valence-corrected chi connectivity index (χ0v) is 12.3. The number of nitrogens with two attached hydrogens (primary N) is 1. The van der Waals surface area contributed by atoms with Crippen LogP contribution in [0, 0.1) is 0 Å². The first-order valence-corrected chi connectivity index (χ1v) is 7.25. The van der Waals surface area contributed by atoms with E-state index in [1.807, 2.05) is 26.0 Å². The highest BCUT2D eigenvalue weighted by Gasteiger charge is 2.32. The third-order valence-electron chi connectivity index (χ3n) is 2.76. The Bertz CT molecular complexity index is 355. The zero-order chi connectivity index (χ0) is 12.3. The van der Waals surface area contributed by atoms with E-state index in [4.69, 9.17) is 5.14 Å². The van der Waals surface area contributed by atoms with Gasteiger partial charge in [-0.15, -0.1) is 0 Å². The first kappa shape index (κ1) is 14.0. The van der Waals surface area contributed by atoms with Gasteiger partial charge in [-0.25, -0.2) is 0 Å². The second kappa shape index (κ2) is 5.54. The number of rotatable bonds is 4. The summed E-state index contributed by atoms with van der Waals surface area (Å²) in [5.41, 5.74) is 1.24. The van der Waals surface area contributed by atoms with E-state index >= 15 is 0 Å². The molecule has 0 aliphatic heterocycles. The Hall–Kier alpha value is -0.0300. The van der Waals surface area contributed by atoms with Gasteiger partial charge in [-0.3, -0.25) is 0 Å². The van der Waals surface area contributed by atoms with Crippen LogP contribution in [0.3, 0.4) is 0 Å². The first-order chi connectivity index (χ1) is 7.33. The summed E-state index contributed by atoms with van der Waals surface area (Å²) in [6.45, 7) is 6.02. The molecule has 4 heteroatoms. The van der Waals surface area contributed by atoms with Gasteiger partial charge in [-0.05, 0) is 37.5 Å². The van der Waals surface area contributed by atoms with Crippen LogP contribution in [-0.2, 0) is 11.4 Å². The quantitative estimate of drug-likeness (QED) is 0.867. The highest BCUT2D eigenvalue weighted by molar-refractivity contribution is 9.10. The SMILES string of the molecule is CC(CC(C)(C)[S+](N)[O-])c1cccc(Br)c1. The molecule has 0 spiro atoms. The van der Waals surface area contributed by atoms with E-state index < -0.39 is 11.4 Å². The molecule has 0 saturated carbocycles. The van der Waals surface area contributed by atoms with E-state index in [1.54, 1.807) is 0 Å². The van der Waals surface area contributed by atoms with Crippen LogP contribution in [0.4, 0.5) is 0 Å². The molecular formula is C12H18BrNOS. The summed E-state index contributed by atoms with van der Waals surface area (Å²) in [7, 11) is 0. The Morgan fingerprint density at radius 1 is 1.50 bits per heavy atom. The number of hydrogen-bond donors (Lipinski definition) is 1. The van der Waals surface area contributed by atoms with Gasteiger partial charge < -0.3 is 4.55 Å². The lowest BCUT2D eigenvalue weighted by molar-refractivity contribution is 0.500. The van der Waals surface area contributed by atoms with Crippen LogP contribution < -0.4 is 5.14 Å². The van der Waals surface area contributed by atoms with E-state index in [0.717, 1.165) is 10.9 Å². The standard InChI is InChI=1S/C12H18BrNOS/c1-9(8-12(2,3)16(14)15)10-5-4-6-11(13)7-10/h4-7,9H,8,14H2,1-3H3. The van der Waals surface area contributed by atoms with Crippen LogP contribution in [-0.4, -0.2) is 9.30 Å². The van der Waals surface area contributed by atoms with Gasteiger partial charge in [0, 0.05) is 22.3 Å². The van der Waals surface area contributed by atoms with Gasteiger partial charge in [0.25, 0.3) is 0 Å². The van der Waals surface area contributed by atoms with Crippen LogP contribution in [0.15, 0.2) is 28.7 Å². The van der Waals surface area contributed by atoms with Crippen molar-refractivity contribution in [3.63, 3.8) is 0 Å². The minimum atomic E-state index is -1.29. The van der Waals surface area contributed by atoms with Gasteiger partial charge >= 0.3 is 0 Å². The molecule has 0 bridgehead atoms. The van der Waals surface area contributed by atoms with Crippen molar-refractivity contribution in [1.82, 2.24) is 0 Å². The van der Waals surface area contributed by atoms with Crippen molar-refractivity contribution in [2.24, 2.45) is 5.14 Å². The summed E-state index contributed by atoms with van der Waals surface area (Å²) in [4.78, 5) is 0. The molecule has 2 N–H and O–H groups in total. The molecule has 2 nitrogen and oxygen atoms in total. The summed E-state index contributed by atoms with van der Waals surface area (Å²) in [6.07, 6.45) is 0.812. The lowest BCUT2D eigenvalue weighted by Gasteiger charge is -2.27. The van der Waals surface area contributed by atoms with Gasteiger partial charge in [0.1, 0.15) is 4.75 Å². The molecule has 2 unspecified atom stereocenters. The van der Waals surface area contributed by atoms with E-state index in [0.29, 0.717) is 5.92 Å². The Morgan fingerprint density at radius 3 is 2.62 bits per heavy atom. The smallest absolute Gasteiger partial charge is 0.140 e. The predicted octanol–water partition coefficient (Wildman–Crippen LogP) is 3.34. The van der Waals surface area contributed by atoms with Crippen molar-refractivity contribution in [3.8, 4) is 0 Å². The summed E-state index contributed by atoms with van der Waals surface area (Å²) < 4.78 is 12.1. The Kier molecular flexibility index (Phi) is 4.86. The molecule has 0 aliphatic rings. The maximum Gasteiger partial charge on any atom is 0.140 e. The van der Waals surface area contributed by atoms with Crippen molar-refractivity contribution in [1.29, 1.82) is 0 Å². The van der Waals surface area contributed by atoms with Crippen molar-refractivity contribution >= 4 is 27.3 Å². The first-order valence-electron chi connectivity index (χ1n) is 5.24. The summed E-state index contributed by atoms with van der Waals surface area (Å²) in [5.74, 6) is 0.347. The van der Waals surface area contributed by atoms with Crippen molar-refractivity contribution in [2.45, 2.75) is 37.9 Å². The molecule has 1 rings (SSSR count). The van der Waals surface area contributed by atoms with Crippen LogP contribution in [0.2, 0.25) is 0 Å². The minimum absolute atomic E-state index is 0.346. The molecule has 90 valence electrons. The normalized spacial score (nSPS) is 15.9. The number of halogens is 1. The summed E-state index contributed by atoms with van der Waals surface area (Å²) in [6, 6.07) is 8.20. The Balaban J connectivity index is 2.76. The lowest BCUT2D eigenvalue weighted by atomic mass is 9.91. The average Bonchev–Trinajstić information content (AvgIpc) is 2.16. The second-order valence-corrected chi connectivity index (χ2v) is 7.33. The van der Waals surface area contributed by atoms with Crippen LogP contribution in [0.25, 0.3) is 0 Å². The number of hydrogen-bond acceptors (Lipinski definition) is 2. The van der Waals surface area contributed by atoms with Crippen molar-refractivity contribution in [3.05, 3.63) is 34.3 Å². The fourth-order valence-corrected chi connectivity index (χ4v) is 2.58. The largest absolute Gasteiger partial charge is 0.598 e. The molecule has 0 heterocycles. The van der Waals surface area contributed by atoms with Crippen molar-refractivity contribution in [2.75, 3.05) is 0 Å². The molecular weight excluding hydrogens is 286 g/mol. The molecule has 1 aromatic carbocycles. The zero-order valence-electron chi connectivity index (χ0n) is 9.87. The van der Waals surface area contributed by atoms with E-state index in [-0.39, 0.29) is 4.75 Å². The minimum Gasteiger partial charge on any atom is -0.598 e. The van der Waals surface area contributed by atoms with E-state index in [9.17, 15) is 4.55 Å². The fraction of sp³-hybridized carbons (Fsp3) is 0.500. The third kappa shape index (κ3) is 3.77. The predicted molar refractivity (Wildman–Crippen MR) is 73.6 cm³/mol. The molecule has 0 radical (unpaired) electrons. The molecule has 0 saturated heterocycles.